The number of phenols is 1. The van der Waals surface area contributed by atoms with Gasteiger partial charge in [0, 0.05) is 34.6 Å². The zero-order chi connectivity index (χ0) is 31.8. The van der Waals surface area contributed by atoms with Gasteiger partial charge in [-0.3, -0.25) is 9.08 Å². The molecule has 8 aromatic rings. The summed E-state index contributed by atoms with van der Waals surface area (Å²) < 4.78 is 18.3. The van der Waals surface area contributed by atoms with Gasteiger partial charge < -0.3 is 5.11 Å². The van der Waals surface area contributed by atoms with E-state index in [2.05, 4.69) is 94.9 Å². The summed E-state index contributed by atoms with van der Waals surface area (Å²) in [6.07, 6.45) is 6.00. The van der Waals surface area contributed by atoms with Gasteiger partial charge in [0.15, 0.2) is 0 Å². The van der Waals surface area contributed by atoms with Gasteiger partial charge in [-0.2, -0.15) is 5.10 Å². The lowest BCUT2D eigenvalue weighted by Crippen LogP contribution is -2.38. The summed E-state index contributed by atoms with van der Waals surface area (Å²) in [5.74, 6) is -0.0985. The van der Waals surface area contributed by atoms with Crippen LogP contribution in [0.2, 0.25) is 0 Å². The van der Waals surface area contributed by atoms with Crippen LogP contribution in [0.4, 0.5) is 4.39 Å². The van der Waals surface area contributed by atoms with Crippen molar-refractivity contribution in [3.8, 4) is 39.4 Å². The number of pyridine rings is 1. The Balaban J connectivity index is 1.42. The molecule has 8 rings (SSSR count). The number of imidazole rings is 1. The summed E-state index contributed by atoms with van der Waals surface area (Å²) in [5, 5.41) is 15.3. The van der Waals surface area contributed by atoms with Crippen molar-refractivity contribution in [2.45, 2.75) is 5.54 Å². The van der Waals surface area contributed by atoms with E-state index in [1.54, 1.807) is 24.3 Å². The molecule has 0 unspecified atom stereocenters. The van der Waals surface area contributed by atoms with Crippen LogP contribution in [0.15, 0.2) is 170 Å². The van der Waals surface area contributed by atoms with E-state index in [1.807, 2.05) is 53.1 Å². The highest BCUT2D eigenvalue weighted by atomic mass is 19.1. The Morgan fingerprint density at radius 3 is 1.66 bits per heavy atom. The van der Waals surface area contributed by atoms with Crippen LogP contribution < -0.4 is 0 Å². The van der Waals surface area contributed by atoms with E-state index < -0.39 is 5.54 Å². The highest BCUT2D eigenvalue weighted by molar-refractivity contribution is 5.81. The zero-order valence-corrected chi connectivity index (χ0v) is 25.3. The van der Waals surface area contributed by atoms with Crippen molar-refractivity contribution in [1.82, 2.24) is 19.2 Å². The molecular formula is C41H29FN4O. The lowest BCUT2D eigenvalue weighted by atomic mass is 9.77. The molecule has 3 heterocycles. The number of phenolic OH excluding ortho intramolecular Hbond substituents is 1. The minimum absolute atomic E-state index is 0.207. The van der Waals surface area contributed by atoms with Crippen molar-refractivity contribution in [2.75, 3.05) is 0 Å². The first-order valence-electron chi connectivity index (χ1n) is 15.4. The normalized spacial score (nSPS) is 11.6. The van der Waals surface area contributed by atoms with Crippen LogP contribution in [0, 0.1) is 5.82 Å². The van der Waals surface area contributed by atoms with Crippen LogP contribution in [-0.4, -0.2) is 24.3 Å². The van der Waals surface area contributed by atoms with Gasteiger partial charge in [-0.25, -0.2) is 9.37 Å². The minimum Gasteiger partial charge on any atom is -0.508 e. The van der Waals surface area contributed by atoms with Gasteiger partial charge >= 0.3 is 0 Å². The van der Waals surface area contributed by atoms with Crippen molar-refractivity contribution >= 4 is 5.65 Å². The summed E-state index contributed by atoms with van der Waals surface area (Å²) in [6.45, 7) is 0. The second-order valence-corrected chi connectivity index (χ2v) is 11.5. The average Bonchev–Trinajstić information content (AvgIpc) is 3.76. The van der Waals surface area contributed by atoms with Crippen molar-refractivity contribution in [3.05, 3.63) is 193 Å². The van der Waals surface area contributed by atoms with E-state index in [-0.39, 0.29) is 11.6 Å². The van der Waals surface area contributed by atoms with Gasteiger partial charge in [-0.1, -0.05) is 91.0 Å². The SMILES string of the molecule is Oc1ccc(-c2cnc3ccc(-c4cn(C(c5ccccc5)(c5ccccc5)c5ccccc5)nc4-c4ccc(F)cc4)cn23)cc1. The molecule has 5 aromatic carbocycles. The van der Waals surface area contributed by atoms with Crippen molar-refractivity contribution in [1.29, 1.82) is 0 Å². The van der Waals surface area contributed by atoms with E-state index in [1.165, 1.54) is 12.1 Å². The maximum absolute atomic E-state index is 14.2. The van der Waals surface area contributed by atoms with Gasteiger partial charge in [-0.05, 0) is 77.4 Å². The number of hydrogen-bond donors (Lipinski definition) is 1. The van der Waals surface area contributed by atoms with E-state index >= 15 is 0 Å². The van der Waals surface area contributed by atoms with Gasteiger partial charge in [0.2, 0.25) is 0 Å². The third-order valence-electron chi connectivity index (χ3n) is 8.73. The molecule has 0 aliphatic rings. The first-order valence-corrected chi connectivity index (χ1v) is 15.4. The van der Waals surface area contributed by atoms with E-state index in [0.29, 0.717) is 0 Å². The first-order chi connectivity index (χ1) is 23.1. The molecule has 0 aliphatic heterocycles. The quantitative estimate of drug-likeness (QED) is 0.183. The third kappa shape index (κ3) is 4.87. The topological polar surface area (TPSA) is 55.4 Å². The highest BCUT2D eigenvalue weighted by Crippen LogP contribution is 2.43. The molecule has 226 valence electrons. The average molecular weight is 613 g/mol. The fourth-order valence-electron chi connectivity index (χ4n) is 6.50. The first kappa shape index (κ1) is 28.2. The molecule has 6 heteroatoms. The summed E-state index contributed by atoms with van der Waals surface area (Å²) in [7, 11) is 0. The van der Waals surface area contributed by atoms with Crippen molar-refractivity contribution < 1.29 is 9.50 Å². The van der Waals surface area contributed by atoms with E-state index in [4.69, 9.17) is 5.10 Å². The summed E-state index contributed by atoms with van der Waals surface area (Å²) in [6, 6.07) is 48.9. The van der Waals surface area contributed by atoms with Gasteiger partial charge in [0.25, 0.3) is 0 Å². The van der Waals surface area contributed by atoms with Crippen molar-refractivity contribution in [2.24, 2.45) is 0 Å². The largest absolute Gasteiger partial charge is 0.508 e. The molecule has 0 saturated heterocycles. The molecule has 0 aliphatic carbocycles. The molecule has 0 saturated carbocycles. The Bertz CT molecular complexity index is 2200. The number of nitrogens with zero attached hydrogens (tertiary/aromatic N) is 4. The van der Waals surface area contributed by atoms with Crippen molar-refractivity contribution in [3.63, 3.8) is 0 Å². The molecule has 0 bridgehead atoms. The standard InChI is InChI=1S/C41H29FN4O/c42-35-21-16-30(17-22-35)40-37(31-20-25-39-43-26-38(45(39)27-31)29-18-23-36(47)24-19-29)28-46(44-40)41(32-10-4-1-5-11-32,33-12-6-2-7-13-33)34-14-8-3-9-15-34/h1-28,47H. The summed E-state index contributed by atoms with van der Waals surface area (Å²) >= 11 is 0. The maximum atomic E-state index is 14.2. The van der Waals surface area contributed by atoms with Gasteiger partial charge in [-0.15, -0.1) is 0 Å². The molecule has 0 spiro atoms. The molecule has 3 aromatic heterocycles. The molecule has 0 fully saturated rings. The Kier molecular flexibility index (Phi) is 6.95. The Morgan fingerprint density at radius 1 is 0.553 bits per heavy atom. The molecule has 0 atom stereocenters. The molecule has 1 N–H and O–H groups in total. The maximum Gasteiger partial charge on any atom is 0.138 e. The van der Waals surface area contributed by atoms with Crippen LogP contribution in [0.3, 0.4) is 0 Å². The highest BCUT2D eigenvalue weighted by Gasteiger charge is 2.40. The van der Waals surface area contributed by atoms with E-state index in [0.717, 1.165) is 56.0 Å². The summed E-state index contributed by atoms with van der Waals surface area (Å²) in [5.41, 5.74) is 8.27. The second-order valence-electron chi connectivity index (χ2n) is 11.5. The predicted molar refractivity (Wildman–Crippen MR) is 184 cm³/mol. The van der Waals surface area contributed by atoms with Crippen LogP contribution in [0.1, 0.15) is 16.7 Å². The molecular weight excluding hydrogens is 583 g/mol. The fraction of sp³-hybridized carbons (Fsp3) is 0.0244. The van der Waals surface area contributed by atoms with Crippen LogP contribution in [0.25, 0.3) is 39.3 Å². The predicted octanol–water partition coefficient (Wildman–Crippen LogP) is 9.22. The summed E-state index contributed by atoms with van der Waals surface area (Å²) in [4.78, 5) is 4.64. The van der Waals surface area contributed by atoms with Crippen LogP contribution in [0.5, 0.6) is 5.75 Å². The molecule has 0 amide bonds. The lowest BCUT2D eigenvalue weighted by Gasteiger charge is -2.36. The Morgan fingerprint density at radius 2 is 1.09 bits per heavy atom. The number of aromatic nitrogens is 4. The lowest BCUT2D eigenvalue weighted by molar-refractivity contribution is 0.461. The number of rotatable bonds is 7. The Labute approximate surface area is 271 Å². The number of fused-ring (bicyclic) bond motifs is 1. The third-order valence-corrected chi connectivity index (χ3v) is 8.73. The smallest absolute Gasteiger partial charge is 0.138 e. The van der Waals surface area contributed by atoms with Crippen LogP contribution in [-0.2, 0) is 5.54 Å². The number of halogens is 1. The Hall–Kier alpha value is -6.27. The van der Waals surface area contributed by atoms with Gasteiger partial charge in [0.1, 0.15) is 28.4 Å². The van der Waals surface area contributed by atoms with E-state index in [9.17, 15) is 9.50 Å². The monoisotopic (exact) mass is 612 g/mol. The van der Waals surface area contributed by atoms with Crippen LogP contribution >= 0.6 is 0 Å². The number of benzene rings is 5. The second kappa shape index (κ2) is 11.6. The molecule has 5 nitrogen and oxygen atoms in total. The minimum atomic E-state index is -0.826. The number of hydrogen-bond acceptors (Lipinski definition) is 3. The molecule has 0 radical (unpaired) electrons. The number of aromatic hydroxyl groups is 1. The molecule has 47 heavy (non-hydrogen) atoms. The van der Waals surface area contributed by atoms with Gasteiger partial charge in [0.05, 0.1) is 11.9 Å². The zero-order valence-electron chi connectivity index (χ0n) is 25.3. The fourth-order valence-corrected chi connectivity index (χ4v) is 6.50.